The van der Waals surface area contributed by atoms with Gasteiger partial charge in [0.05, 0.1) is 5.92 Å². The predicted octanol–water partition coefficient (Wildman–Crippen LogP) is 4.56. The number of esters is 1. The third-order valence-corrected chi connectivity index (χ3v) is 10.3. The summed E-state index contributed by atoms with van der Waals surface area (Å²) in [5.41, 5.74) is -0.861. The van der Waals surface area contributed by atoms with Crippen LogP contribution in [0.3, 0.4) is 0 Å². The minimum atomic E-state index is -0.562. The van der Waals surface area contributed by atoms with Gasteiger partial charge in [0.1, 0.15) is 23.3 Å². The van der Waals surface area contributed by atoms with Crippen molar-refractivity contribution < 1.29 is 28.7 Å². The molecule has 1 saturated heterocycles. The van der Waals surface area contributed by atoms with E-state index in [1.807, 2.05) is 20.8 Å². The molecule has 5 fully saturated rings. The van der Waals surface area contributed by atoms with E-state index < -0.39 is 11.7 Å². The summed E-state index contributed by atoms with van der Waals surface area (Å²) in [6, 6.07) is 0. The fourth-order valence-corrected chi connectivity index (χ4v) is 8.25. The molecule has 0 aromatic heterocycles. The van der Waals surface area contributed by atoms with E-state index in [1.54, 1.807) is 0 Å². The topological polar surface area (TPSA) is 90.0 Å². The lowest BCUT2D eigenvalue weighted by molar-refractivity contribution is -0.175. The van der Waals surface area contributed by atoms with E-state index in [1.165, 1.54) is 4.90 Å². The normalized spacial score (nSPS) is 41.4. The highest BCUT2D eigenvalue weighted by Gasteiger charge is 2.62. The second-order valence-electron chi connectivity index (χ2n) is 13.4. The quantitative estimate of drug-likeness (QED) is 0.531. The zero-order valence-corrected chi connectivity index (χ0v) is 21.9. The monoisotopic (exact) mass is 487 g/mol. The van der Waals surface area contributed by atoms with Gasteiger partial charge in [-0.1, -0.05) is 13.8 Å². The molecule has 0 N–H and O–H groups in total. The molecule has 5 rings (SSSR count). The molecule has 1 amide bonds. The van der Waals surface area contributed by atoms with Crippen LogP contribution in [0.25, 0.3) is 0 Å². The van der Waals surface area contributed by atoms with Gasteiger partial charge in [-0.05, 0) is 82.5 Å². The summed E-state index contributed by atoms with van der Waals surface area (Å²) in [6.45, 7) is 10.5. The highest BCUT2D eigenvalue weighted by Crippen LogP contribution is 2.64. The molecule has 7 nitrogen and oxygen atoms in total. The van der Waals surface area contributed by atoms with Crippen molar-refractivity contribution in [2.45, 2.75) is 97.7 Å². The molecular weight excluding hydrogens is 446 g/mol. The Hall–Kier alpha value is -1.92. The third kappa shape index (κ3) is 4.11. The van der Waals surface area contributed by atoms with Crippen molar-refractivity contribution in [1.82, 2.24) is 4.90 Å². The first-order valence-electron chi connectivity index (χ1n) is 13.6. The van der Waals surface area contributed by atoms with Crippen LogP contribution in [-0.4, -0.2) is 53.3 Å². The summed E-state index contributed by atoms with van der Waals surface area (Å²) in [7, 11) is 0. The predicted molar refractivity (Wildman–Crippen MR) is 128 cm³/mol. The summed E-state index contributed by atoms with van der Waals surface area (Å²) in [5, 5.41) is 0. The van der Waals surface area contributed by atoms with Crippen molar-refractivity contribution in [1.29, 1.82) is 0 Å². The van der Waals surface area contributed by atoms with Gasteiger partial charge in [-0.25, -0.2) is 4.79 Å². The number of nitrogens with zero attached hydrogens (tertiary/aromatic N) is 1. The Morgan fingerprint density at radius 1 is 1.00 bits per heavy atom. The van der Waals surface area contributed by atoms with Crippen molar-refractivity contribution in [3.63, 3.8) is 0 Å². The average Bonchev–Trinajstić information content (AvgIpc) is 3.01. The van der Waals surface area contributed by atoms with Crippen molar-refractivity contribution >= 4 is 23.6 Å². The van der Waals surface area contributed by atoms with Gasteiger partial charge < -0.3 is 14.4 Å². The van der Waals surface area contributed by atoms with Crippen molar-refractivity contribution in [2.75, 3.05) is 13.1 Å². The van der Waals surface area contributed by atoms with E-state index in [0.29, 0.717) is 61.7 Å². The standard InChI is InChI=1S/C28H41NO6/c1-26(2,3)35-25(33)29-14-16(15-29)24(32)34-17-8-10-27(4)20-9-11-28(5)19(6-7-23(28)31)18(20)13-22(30)21(27)12-17/h16-21H,6-15H2,1-5H3/t17?,18-,19-,20+,21?,27+,28-/m0/s1. The molecule has 1 heterocycles. The minimum Gasteiger partial charge on any atom is -0.462 e. The van der Waals surface area contributed by atoms with E-state index in [2.05, 4.69) is 13.8 Å². The Morgan fingerprint density at radius 2 is 1.71 bits per heavy atom. The van der Waals surface area contributed by atoms with Gasteiger partial charge in [-0.15, -0.1) is 0 Å². The molecule has 5 aliphatic rings. The van der Waals surface area contributed by atoms with E-state index in [9.17, 15) is 19.2 Å². The largest absolute Gasteiger partial charge is 0.462 e. The molecule has 35 heavy (non-hydrogen) atoms. The van der Waals surface area contributed by atoms with Gasteiger partial charge in [0.25, 0.3) is 0 Å². The Morgan fingerprint density at radius 3 is 2.40 bits per heavy atom. The molecule has 0 bridgehead atoms. The maximum absolute atomic E-state index is 13.4. The number of amides is 1. The summed E-state index contributed by atoms with van der Waals surface area (Å²) >= 11 is 0. The number of ketones is 2. The molecule has 2 unspecified atom stereocenters. The van der Waals surface area contributed by atoms with Gasteiger partial charge in [0, 0.05) is 37.3 Å². The second kappa shape index (κ2) is 8.31. The maximum Gasteiger partial charge on any atom is 0.410 e. The lowest BCUT2D eigenvalue weighted by Gasteiger charge is -2.59. The number of fused-ring (bicyclic) bond motifs is 5. The molecule has 4 aliphatic carbocycles. The van der Waals surface area contributed by atoms with Crippen LogP contribution in [0.15, 0.2) is 0 Å². The zero-order chi connectivity index (χ0) is 25.3. The SMILES string of the molecule is CC(C)(C)OC(=O)N1CC(C(=O)OC2CC[C@@]3(C)C(C2)C(=O)C[C@@H]2[C@H]3CC[C@]3(C)C(=O)CC[C@@H]23)C1. The highest BCUT2D eigenvalue weighted by molar-refractivity contribution is 5.88. The summed E-state index contributed by atoms with van der Waals surface area (Å²) in [4.78, 5) is 52.5. The van der Waals surface area contributed by atoms with Crippen LogP contribution < -0.4 is 0 Å². The fourth-order valence-electron chi connectivity index (χ4n) is 8.25. The van der Waals surface area contributed by atoms with Crippen LogP contribution >= 0.6 is 0 Å². The maximum atomic E-state index is 13.4. The number of carbonyl (C=O) groups is 4. The first-order chi connectivity index (χ1) is 16.3. The zero-order valence-electron chi connectivity index (χ0n) is 21.9. The molecule has 194 valence electrons. The first kappa shape index (κ1) is 24.8. The highest BCUT2D eigenvalue weighted by atomic mass is 16.6. The lowest BCUT2D eigenvalue weighted by Crippen LogP contribution is -2.58. The van der Waals surface area contributed by atoms with Crippen LogP contribution in [0.4, 0.5) is 4.79 Å². The van der Waals surface area contributed by atoms with Crippen molar-refractivity contribution in [2.24, 2.45) is 40.4 Å². The average molecular weight is 488 g/mol. The first-order valence-corrected chi connectivity index (χ1v) is 13.6. The van der Waals surface area contributed by atoms with E-state index in [0.717, 1.165) is 32.1 Å². The fraction of sp³-hybridized carbons (Fsp3) is 0.857. The number of likely N-dealkylation sites (tertiary alicyclic amines) is 1. The summed E-state index contributed by atoms with van der Waals surface area (Å²) in [6.07, 6.45) is 5.78. The van der Waals surface area contributed by atoms with E-state index in [4.69, 9.17) is 9.47 Å². The van der Waals surface area contributed by atoms with Crippen molar-refractivity contribution in [3.8, 4) is 0 Å². The van der Waals surface area contributed by atoms with Crippen molar-refractivity contribution in [3.05, 3.63) is 0 Å². The Balaban J connectivity index is 1.19. The molecule has 0 aromatic rings. The Bertz CT molecular complexity index is 932. The smallest absolute Gasteiger partial charge is 0.410 e. The third-order valence-electron chi connectivity index (χ3n) is 10.3. The second-order valence-corrected chi connectivity index (χ2v) is 13.4. The molecular formula is C28H41NO6. The van der Waals surface area contributed by atoms with E-state index >= 15 is 0 Å². The molecule has 0 radical (unpaired) electrons. The minimum absolute atomic E-state index is 0.0696. The molecule has 7 atom stereocenters. The number of ether oxygens (including phenoxy) is 2. The van der Waals surface area contributed by atoms with Crippen LogP contribution in [0.1, 0.15) is 86.0 Å². The Labute approximate surface area is 208 Å². The summed E-state index contributed by atoms with van der Waals surface area (Å²) in [5.74, 6) is 1.18. The van der Waals surface area contributed by atoms with E-state index in [-0.39, 0.29) is 34.7 Å². The van der Waals surface area contributed by atoms with Gasteiger partial charge in [0.15, 0.2) is 0 Å². The lowest BCUT2D eigenvalue weighted by atomic mass is 9.45. The Kier molecular flexibility index (Phi) is 5.88. The number of hydrogen-bond donors (Lipinski definition) is 0. The number of rotatable bonds is 2. The van der Waals surface area contributed by atoms with Crippen LogP contribution in [-0.2, 0) is 23.9 Å². The molecule has 0 spiro atoms. The molecule has 7 heteroatoms. The van der Waals surface area contributed by atoms with Gasteiger partial charge >= 0.3 is 12.1 Å². The van der Waals surface area contributed by atoms with Crippen LogP contribution in [0.5, 0.6) is 0 Å². The summed E-state index contributed by atoms with van der Waals surface area (Å²) < 4.78 is 11.2. The molecule has 4 saturated carbocycles. The van der Waals surface area contributed by atoms with Gasteiger partial charge in [-0.3, -0.25) is 14.4 Å². The number of hydrogen-bond acceptors (Lipinski definition) is 6. The van der Waals surface area contributed by atoms with Crippen LogP contribution in [0.2, 0.25) is 0 Å². The molecule has 0 aromatic carbocycles. The number of carbonyl (C=O) groups excluding carboxylic acids is 4. The molecule has 1 aliphatic heterocycles. The van der Waals surface area contributed by atoms with Crippen LogP contribution in [0, 0.1) is 40.4 Å². The van der Waals surface area contributed by atoms with Gasteiger partial charge in [-0.2, -0.15) is 0 Å². The van der Waals surface area contributed by atoms with Gasteiger partial charge in [0.2, 0.25) is 0 Å². The number of Topliss-reactive ketones (excluding diaryl/α,β-unsaturated/α-hetero) is 2.